The molecule has 0 N–H and O–H groups in total. The van der Waals surface area contributed by atoms with E-state index >= 15 is 0 Å². The zero-order valence-corrected chi connectivity index (χ0v) is 23.4. The smallest absolute Gasteiger partial charge is 0.258 e. The maximum Gasteiger partial charge on any atom is 0.258 e. The van der Waals surface area contributed by atoms with Crippen molar-refractivity contribution in [3.63, 3.8) is 0 Å². The van der Waals surface area contributed by atoms with Crippen LogP contribution in [0.4, 0.5) is 5.69 Å². The van der Waals surface area contributed by atoms with Gasteiger partial charge in [-0.25, -0.2) is 4.90 Å². The third-order valence-corrected chi connectivity index (χ3v) is 6.85. The Balaban J connectivity index is 0.977. The summed E-state index contributed by atoms with van der Waals surface area (Å²) < 4.78 is 11.7. The fourth-order valence-corrected chi connectivity index (χ4v) is 4.54. The SMILES string of the molecule is O=C(/C=C/c1ccc(OCCCCCCCCCCOc2ccc(N3C(=O)C=CC3=O)cc2)cc1)c1ccccc1. The summed E-state index contributed by atoms with van der Waals surface area (Å²) in [5.74, 6) is 0.954. The van der Waals surface area contributed by atoms with Gasteiger partial charge in [0.05, 0.1) is 18.9 Å². The van der Waals surface area contributed by atoms with Gasteiger partial charge in [0.15, 0.2) is 5.78 Å². The molecule has 1 aliphatic heterocycles. The Labute approximate surface area is 242 Å². The van der Waals surface area contributed by atoms with Crippen molar-refractivity contribution in [1.82, 2.24) is 0 Å². The molecule has 0 aliphatic carbocycles. The number of allylic oxidation sites excluding steroid dienone is 1. The lowest BCUT2D eigenvalue weighted by atomic mass is 10.1. The molecule has 0 saturated carbocycles. The number of unbranched alkanes of at least 4 members (excludes halogenated alkanes) is 7. The number of hydrogen-bond acceptors (Lipinski definition) is 5. The predicted octanol–water partition coefficient (Wildman–Crippen LogP) is 7.59. The molecule has 1 aliphatic rings. The van der Waals surface area contributed by atoms with Crippen molar-refractivity contribution in [3.05, 3.63) is 108 Å². The average Bonchev–Trinajstić information content (AvgIpc) is 3.35. The van der Waals surface area contributed by atoms with Crippen molar-refractivity contribution in [2.24, 2.45) is 0 Å². The minimum Gasteiger partial charge on any atom is -0.494 e. The van der Waals surface area contributed by atoms with Gasteiger partial charge in [0.25, 0.3) is 11.8 Å². The second-order valence-corrected chi connectivity index (χ2v) is 10.00. The molecular formula is C35H37NO5. The zero-order chi connectivity index (χ0) is 28.7. The summed E-state index contributed by atoms with van der Waals surface area (Å²) >= 11 is 0. The van der Waals surface area contributed by atoms with E-state index in [1.165, 1.54) is 37.8 Å². The van der Waals surface area contributed by atoms with E-state index in [-0.39, 0.29) is 17.6 Å². The molecule has 0 aromatic heterocycles. The summed E-state index contributed by atoms with van der Waals surface area (Å²) in [6.07, 6.45) is 15.2. The highest BCUT2D eigenvalue weighted by Crippen LogP contribution is 2.22. The minimum absolute atomic E-state index is 0.00468. The Morgan fingerprint density at radius 2 is 1.10 bits per heavy atom. The molecule has 0 unspecified atom stereocenters. The van der Waals surface area contributed by atoms with Crippen LogP contribution in [0.2, 0.25) is 0 Å². The van der Waals surface area contributed by atoms with E-state index < -0.39 is 0 Å². The number of benzene rings is 3. The number of amides is 2. The first-order valence-electron chi connectivity index (χ1n) is 14.4. The van der Waals surface area contributed by atoms with Crippen molar-refractivity contribution in [2.45, 2.75) is 51.4 Å². The first-order valence-corrected chi connectivity index (χ1v) is 14.4. The van der Waals surface area contributed by atoms with Crippen LogP contribution in [0.5, 0.6) is 11.5 Å². The molecule has 0 bridgehead atoms. The summed E-state index contributed by atoms with van der Waals surface area (Å²) in [6, 6.07) is 24.1. The van der Waals surface area contributed by atoms with Crippen LogP contribution in [0.15, 0.2) is 97.1 Å². The average molecular weight is 552 g/mol. The van der Waals surface area contributed by atoms with Gasteiger partial charge in [0.1, 0.15) is 11.5 Å². The number of carbonyl (C=O) groups is 3. The number of ketones is 1. The number of hydrogen-bond donors (Lipinski definition) is 0. The number of rotatable bonds is 17. The topological polar surface area (TPSA) is 72.9 Å². The van der Waals surface area contributed by atoms with Crippen LogP contribution < -0.4 is 14.4 Å². The summed E-state index contributed by atoms with van der Waals surface area (Å²) in [6.45, 7) is 1.37. The van der Waals surface area contributed by atoms with Crippen LogP contribution >= 0.6 is 0 Å². The molecular weight excluding hydrogens is 514 g/mol. The lowest BCUT2D eigenvalue weighted by molar-refractivity contribution is -0.119. The summed E-state index contributed by atoms with van der Waals surface area (Å²) in [5.41, 5.74) is 2.21. The fraction of sp³-hybridized carbons (Fsp3) is 0.286. The maximum atomic E-state index is 12.2. The summed E-state index contributed by atoms with van der Waals surface area (Å²) in [4.78, 5) is 36.8. The Bertz CT molecular complexity index is 1310. The monoisotopic (exact) mass is 551 g/mol. The molecule has 3 aromatic rings. The third-order valence-electron chi connectivity index (χ3n) is 6.85. The molecule has 2 amide bonds. The molecule has 212 valence electrons. The fourth-order valence-electron chi connectivity index (χ4n) is 4.54. The first kappa shape index (κ1) is 29.5. The zero-order valence-electron chi connectivity index (χ0n) is 23.4. The van der Waals surface area contributed by atoms with E-state index in [4.69, 9.17) is 9.47 Å². The molecule has 0 radical (unpaired) electrons. The van der Waals surface area contributed by atoms with Crippen molar-refractivity contribution >= 4 is 29.4 Å². The molecule has 0 atom stereocenters. The van der Waals surface area contributed by atoms with Crippen molar-refractivity contribution < 1.29 is 23.9 Å². The molecule has 0 spiro atoms. The number of nitrogens with zero attached hydrogens (tertiary/aromatic N) is 1. The van der Waals surface area contributed by atoms with Gasteiger partial charge in [0, 0.05) is 17.7 Å². The van der Waals surface area contributed by atoms with Crippen LogP contribution in [0.1, 0.15) is 67.3 Å². The lowest BCUT2D eigenvalue weighted by Crippen LogP contribution is -2.29. The lowest BCUT2D eigenvalue weighted by Gasteiger charge is -2.14. The van der Waals surface area contributed by atoms with Crippen LogP contribution in [-0.2, 0) is 9.59 Å². The van der Waals surface area contributed by atoms with E-state index in [0.717, 1.165) is 47.6 Å². The van der Waals surface area contributed by atoms with E-state index in [0.29, 0.717) is 24.5 Å². The van der Waals surface area contributed by atoms with Gasteiger partial charge in [-0.05, 0) is 60.9 Å². The predicted molar refractivity (Wildman–Crippen MR) is 162 cm³/mol. The van der Waals surface area contributed by atoms with Crippen LogP contribution in [0.3, 0.4) is 0 Å². The Morgan fingerprint density at radius 1 is 0.610 bits per heavy atom. The Kier molecular flexibility index (Phi) is 11.5. The van der Waals surface area contributed by atoms with Crippen molar-refractivity contribution in [3.8, 4) is 11.5 Å². The molecule has 6 heteroatoms. The Hall–Kier alpha value is -4.45. The minimum atomic E-state index is -0.317. The number of anilines is 1. The number of imide groups is 1. The van der Waals surface area contributed by atoms with Crippen molar-refractivity contribution in [2.75, 3.05) is 18.1 Å². The second-order valence-electron chi connectivity index (χ2n) is 10.00. The highest BCUT2D eigenvalue weighted by Gasteiger charge is 2.24. The molecule has 6 nitrogen and oxygen atoms in total. The van der Waals surface area contributed by atoms with E-state index in [2.05, 4.69) is 0 Å². The highest BCUT2D eigenvalue weighted by molar-refractivity contribution is 6.28. The van der Waals surface area contributed by atoms with Crippen LogP contribution in [0, 0.1) is 0 Å². The largest absolute Gasteiger partial charge is 0.494 e. The summed E-state index contributed by atoms with van der Waals surface area (Å²) in [7, 11) is 0. The normalized spacial score (nSPS) is 12.8. The van der Waals surface area contributed by atoms with Gasteiger partial charge >= 0.3 is 0 Å². The molecule has 0 saturated heterocycles. The molecule has 41 heavy (non-hydrogen) atoms. The van der Waals surface area contributed by atoms with E-state index in [1.807, 2.05) is 60.7 Å². The Morgan fingerprint density at radius 3 is 1.63 bits per heavy atom. The number of ether oxygens (including phenoxy) is 2. The van der Waals surface area contributed by atoms with Gasteiger partial charge in [-0.15, -0.1) is 0 Å². The second kappa shape index (κ2) is 16.0. The molecule has 4 rings (SSSR count). The molecule has 3 aromatic carbocycles. The quantitative estimate of drug-likeness (QED) is 0.0748. The van der Waals surface area contributed by atoms with E-state index in [1.54, 1.807) is 30.3 Å². The van der Waals surface area contributed by atoms with E-state index in [9.17, 15) is 14.4 Å². The molecule has 1 heterocycles. The van der Waals surface area contributed by atoms with Gasteiger partial charge < -0.3 is 9.47 Å². The maximum absolute atomic E-state index is 12.2. The highest BCUT2D eigenvalue weighted by atomic mass is 16.5. The van der Waals surface area contributed by atoms with Crippen LogP contribution in [-0.4, -0.2) is 30.8 Å². The van der Waals surface area contributed by atoms with Gasteiger partial charge in [-0.2, -0.15) is 0 Å². The first-order chi connectivity index (χ1) is 20.1. The van der Waals surface area contributed by atoms with Crippen LogP contribution in [0.25, 0.3) is 6.08 Å². The number of carbonyl (C=O) groups excluding carboxylic acids is 3. The summed E-state index contributed by atoms with van der Waals surface area (Å²) in [5, 5.41) is 0. The van der Waals surface area contributed by atoms with Gasteiger partial charge in [-0.1, -0.05) is 87.1 Å². The molecule has 0 fully saturated rings. The standard InChI is InChI=1S/C35H37NO5/c37-33(29-12-8-7-9-13-29)23-16-28-14-19-31(20-15-28)40-26-10-5-3-1-2-4-6-11-27-41-32-21-17-30(18-22-32)36-34(38)24-25-35(36)39/h7-9,12-25H,1-6,10-11,26-27H2/b23-16+. The third kappa shape index (κ3) is 9.60. The van der Waals surface area contributed by atoms with Crippen molar-refractivity contribution in [1.29, 1.82) is 0 Å². The van der Waals surface area contributed by atoms with Gasteiger partial charge in [0.2, 0.25) is 0 Å². The van der Waals surface area contributed by atoms with Gasteiger partial charge in [-0.3, -0.25) is 14.4 Å².